The Morgan fingerprint density at radius 2 is 1.40 bits per heavy atom. The van der Waals surface area contributed by atoms with Crippen LogP contribution in [0.4, 0.5) is 5.69 Å². The maximum absolute atomic E-state index is 12.6. The molecule has 0 aromatic heterocycles. The van der Waals surface area contributed by atoms with Gasteiger partial charge in [-0.15, -0.1) is 0 Å². The molecular formula is C18H11NO6. The van der Waals surface area contributed by atoms with Crippen LogP contribution in [-0.4, -0.2) is 34.0 Å². The van der Waals surface area contributed by atoms with Gasteiger partial charge in [0.15, 0.2) is 0 Å². The summed E-state index contributed by atoms with van der Waals surface area (Å²) in [6, 6.07) is 11.7. The zero-order chi connectivity index (χ0) is 18.1. The molecule has 0 saturated carbocycles. The Hall–Kier alpha value is -3.74. The lowest BCUT2D eigenvalue weighted by atomic mass is 10.1. The van der Waals surface area contributed by atoms with Gasteiger partial charge in [0.1, 0.15) is 0 Å². The molecule has 0 aliphatic carbocycles. The summed E-state index contributed by atoms with van der Waals surface area (Å²) in [5, 5.41) is 18.3. The fourth-order valence-electron chi connectivity index (χ4n) is 2.53. The first-order valence-electron chi connectivity index (χ1n) is 7.15. The average molecular weight is 337 g/mol. The van der Waals surface area contributed by atoms with Crippen molar-refractivity contribution in [2.45, 2.75) is 0 Å². The fourth-order valence-corrected chi connectivity index (χ4v) is 2.53. The number of nitrogens with zero attached hydrogens (tertiary/aromatic N) is 1. The summed E-state index contributed by atoms with van der Waals surface area (Å²) in [6.07, 6.45) is 1.14. The molecule has 1 aliphatic heterocycles. The minimum Gasteiger partial charge on any atom is -0.478 e. The molecule has 7 heteroatoms. The normalized spacial score (nSPS) is 13.8. The van der Waals surface area contributed by atoms with E-state index in [9.17, 15) is 19.2 Å². The Morgan fingerprint density at radius 1 is 0.840 bits per heavy atom. The molecule has 0 fully saturated rings. The smallest absolute Gasteiger partial charge is 0.335 e. The van der Waals surface area contributed by atoms with Crippen LogP contribution in [0.5, 0.6) is 0 Å². The molecule has 1 heterocycles. The number of carboxylic acids is 2. The van der Waals surface area contributed by atoms with Crippen LogP contribution in [0, 0.1) is 0 Å². The summed E-state index contributed by atoms with van der Waals surface area (Å²) in [5.41, 5.74) is -0.0683. The fraction of sp³-hybridized carbons (Fsp3) is 0. The highest BCUT2D eigenvalue weighted by Crippen LogP contribution is 2.29. The first-order valence-corrected chi connectivity index (χ1v) is 7.15. The van der Waals surface area contributed by atoms with Gasteiger partial charge in [0.2, 0.25) is 0 Å². The topological polar surface area (TPSA) is 112 Å². The van der Waals surface area contributed by atoms with Crippen molar-refractivity contribution in [2.24, 2.45) is 0 Å². The van der Waals surface area contributed by atoms with Gasteiger partial charge < -0.3 is 10.2 Å². The van der Waals surface area contributed by atoms with E-state index in [1.54, 1.807) is 30.3 Å². The van der Waals surface area contributed by atoms with Crippen LogP contribution in [0.15, 0.2) is 54.6 Å². The number of rotatable bonds is 4. The molecule has 1 aliphatic rings. The molecule has 3 rings (SSSR count). The van der Waals surface area contributed by atoms with Crippen molar-refractivity contribution >= 4 is 35.0 Å². The second-order valence-electron chi connectivity index (χ2n) is 5.28. The summed E-state index contributed by atoms with van der Waals surface area (Å²) < 4.78 is 0. The highest BCUT2D eigenvalue weighted by atomic mass is 16.4. The third kappa shape index (κ3) is 2.90. The van der Waals surface area contributed by atoms with Gasteiger partial charge in [-0.05, 0) is 23.8 Å². The lowest BCUT2D eigenvalue weighted by Crippen LogP contribution is -2.31. The molecule has 0 radical (unpaired) electrons. The number of hydrogen-bond acceptors (Lipinski definition) is 4. The maximum atomic E-state index is 12.6. The summed E-state index contributed by atoms with van der Waals surface area (Å²) in [6.45, 7) is 0. The van der Waals surface area contributed by atoms with Gasteiger partial charge in [0.05, 0.1) is 22.4 Å². The standard InChI is InChI=1S/C18H11NO6/c20-15-9-14(10-4-2-1-3-5-10)16(21)19(15)13-7-11(17(22)23)6-12(8-13)18(24)25/h1-9H,(H,22,23)(H,24,25). The van der Waals surface area contributed by atoms with Gasteiger partial charge in [-0.25, -0.2) is 14.5 Å². The van der Waals surface area contributed by atoms with E-state index in [1.807, 2.05) is 0 Å². The minimum atomic E-state index is -1.36. The van der Waals surface area contributed by atoms with Gasteiger partial charge in [-0.1, -0.05) is 30.3 Å². The van der Waals surface area contributed by atoms with E-state index in [0.29, 0.717) is 5.56 Å². The second-order valence-corrected chi connectivity index (χ2v) is 5.28. The van der Waals surface area contributed by atoms with Gasteiger partial charge in [-0.2, -0.15) is 0 Å². The van der Waals surface area contributed by atoms with E-state index in [4.69, 9.17) is 10.2 Å². The zero-order valence-electron chi connectivity index (χ0n) is 12.7. The van der Waals surface area contributed by atoms with Crippen molar-refractivity contribution in [2.75, 3.05) is 4.90 Å². The van der Waals surface area contributed by atoms with Crippen molar-refractivity contribution in [3.8, 4) is 0 Å². The molecule has 2 aromatic carbocycles. The highest BCUT2D eigenvalue weighted by Gasteiger charge is 2.33. The monoisotopic (exact) mass is 337 g/mol. The number of hydrogen-bond donors (Lipinski definition) is 2. The Bertz CT molecular complexity index is 913. The number of anilines is 1. The van der Waals surface area contributed by atoms with Crippen LogP contribution < -0.4 is 4.90 Å². The van der Waals surface area contributed by atoms with Gasteiger partial charge in [0.25, 0.3) is 11.8 Å². The SMILES string of the molecule is O=C(O)c1cc(C(=O)O)cc(N2C(=O)C=C(c3ccccc3)C2=O)c1. The predicted octanol–water partition coefficient (Wildman–Crippen LogP) is 2.04. The molecule has 0 bridgehead atoms. The Morgan fingerprint density at radius 3 is 1.92 bits per heavy atom. The van der Waals surface area contributed by atoms with Crippen LogP contribution in [0.3, 0.4) is 0 Å². The van der Waals surface area contributed by atoms with E-state index in [2.05, 4.69) is 0 Å². The number of carbonyl (C=O) groups excluding carboxylic acids is 2. The lowest BCUT2D eigenvalue weighted by molar-refractivity contribution is -0.119. The van der Waals surface area contributed by atoms with Crippen LogP contribution in [0.1, 0.15) is 26.3 Å². The Labute approximate surface area is 141 Å². The van der Waals surface area contributed by atoms with Gasteiger partial charge >= 0.3 is 11.9 Å². The molecule has 0 unspecified atom stereocenters. The quantitative estimate of drug-likeness (QED) is 0.826. The molecule has 2 aromatic rings. The first kappa shape index (κ1) is 16.1. The number of carbonyl (C=O) groups is 4. The number of aromatic carboxylic acids is 2. The minimum absolute atomic E-state index is 0.102. The largest absolute Gasteiger partial charge is 0.478 e. The summed E-state index contributed by atoms with van der Waals surface area (Å²) >= 11 is 0. The van der Waals surface area contributed by atoms with Crippen molar-refractivity contribution < 1.29 is 29.4 Å². The van der Waals surface area contributed by atoms with E-state index in [1.165, 1.54) is 0 Å². The zero-order valence-corrected chi connectivity index (χ0v) is 12.7. The lowest BCUT2D eigenvalue weighted by Gasteiger charge is -2.16. The summed E-state index contributed by atoms with van der Waals surface area (Å²) in [5.74, 6) is -4.03. The third-order valence-corrected chi connectivity index (χ3v) is 3.68. The molecule has 0 spiro atoms. The van der Waals surface area contributed by atoms with Crippen molar-refractivity contribution in [1.29, 1.82) is 0 Å². The summed E-state index contributed by atoms with van der Waals surface area (Å²) in [7, 11) is 0. The number of imide groups is 1. The number of benzene rings is 2. The van der Waals surface area contributed by atoms with Crippen LogP contribution in [0.2, 0.25) is 0 Å². The molecule has 2 amide bonds. The van der Waals surface area contributed by atoms with E-state index >= 15 is 0 Å². The molecule has 25 heavy (non-hydrogen) atoms. The first-order chi connectivity index (χ1) is 11.9. The molecule has 124 valence electrons. The summed E-state index contributed by atoms with van der Waals surface area (Å²) in [4.78, 5) is 48.0. The van der Waals surface area contributed by atoms with E-state index < -0.39 is 23.8 Å². The highest BCUT2D eigenvalue weighted by molar-refractivity contribution is 6.43. The Balaban J connectivity index is 2.06. The van der Waals surface area contributed by atoms with Gasteiger partial charge in [0, 0.05) is 6.08 Å². The molecule has 0 atom stereocenters. The third-order valence-electron chi connectivity index (χ3n) is 3.68. The van der Waals surface area contributed by atoms with Crippen LogP contribution in [0.25, 0.3) is 5.57 Å². The van der Waals surface area contributed by atoms with Crippen molar-refractivity contribution in [1.82, 2.24) is 0 Å². The maximum Gasteiger partial charge on any atom is 0.335 e. The van der Waals surface area contributed by atoms with E-state index in [-0.39, 0.29) is 22.4 Å². The van der Waals surface area contributed by atoms with Crippen LogP contribution in [-0.2, 0) is 9.59 Å². The van der Waals surface area contributed by atoms with Crippen LogP contribution >= 0.6 is 0 Å². The molecule has 2 N–H and O–H groups in total. The number of amides is 2. The van der Waals surface area contributed by atoms with Gasteiger partial charge in [-0.3, -0.25) is 9.59 Å². The molecular weight excluding hydrogens is 326 g/mol. The Kier molecular flexibility index (Phi) is 3.90. The predicted molar refractivity (Wildman–Crippen MR) is 87.3 cm³/mol. The van der Waals surface area contributed by atoms with Crippen molar-refractivity contribution in [3.05, 3.63) is 71.3 Å². The van der Waals surface area contributed by atoms with E-state index in [0.717, 1.165) is 29.2 Å². The molecule has 0 saturated heterocycles. The van der Waals surface area contributed by atoms with Crippen molar-refractivity contribution in [3.63, 3.8) is 0 Å². The molecule has 7 nitrogen and oxygen atoms in total. The second kappa shape index (κ2) is 6.04. The average Bonchev–Trinajstić information content (AvgIpc) is 2.89. The number of carboxylic acid groups (broad SMARTS) is 2.